The topological polar surface area (TPSA) is 12.5 Å². The minimum Gasteiger partial charge on any atom is -0.370 e. The highest BCUT2D eigenvalue weighted by Crippen LogP contribution is 2.32. The quantitative estimate of drug-likeness (QED) is 0.563. The van der Waals surface area contributed by atoms with Gasteiger partial charge < -0.3 is 4.74 Å². The maximum atomic E-state index is 5.38. The molecule has 1 heteroatoms. The largest absolute Gasteiger partial charge is 0.370 e. The fraction of sp³-hybridized carbons (Fsp3) is 1.00. The fourth-order valence-electron chi connectivity index (χ4n) is 2.06. The predicted molar refractivity (Wildman–Crippen MR) is 61.4 cm³/mol. The summed E-state index contributed by atoms with van der Waals surface area (Å²) in [5.74, 6) is 1.80. The zero-order chi connectivity index (χ0) is 10.6. The molecule has 1 aliphatic heterocycles. The maximum Gasteiger partial charge on any atom is 0.0888 e. The Hall–Kier alpha value is -0.0400. The van der Waals surface area contributed by atoms with E-state index in [9.17, 15) is 0 Å². The molecule has 1 saturated heterocycles. The van der Waals surface area contributed by atoms with Crippen molar-refractivity contribution in [2.45, 2.75) is 65.4 Å². The van der Waals surface area contributed by atoms with Crippen LogP contribution in [0.4, 0.5) is 0 Å². The number of rotatable bonds is 7. The second-order valence-corrected chi connectivity index (χ2v) is 5.49. The van der Waals surface area contributed by atoms with Gasteiger partial charge in [-0.05, 0) is 31.6 Å². The van der Waals surface area contributed by atoms with Crippen molar-refractivity contribution in [3.8, 4) is 0 Å². The van der Waals surface area contributed by atoms with Crippen molar-refractivity contribution in [1.82, 2.24) is 0 Å². The van der Waals surface area contributed by atoms with E-state index in [1.54, 1.807) is 0 Å². The molecule has 0 N–H and O–H groups in total. The normalized spacial score (nSPS) is 30.0. The lowest BCUT2D eigenvalue weighted by molar-refractivity contribution is 0.290. The van der Waals surface area contributed by atoms with Crippen LogP contribution in [0.1, 0.15) is 59.8 Å². The number of hydrogen-bond acceptors (Lipinski definition) is 1. The van der Waals surface area contributed by atoms with Gasteiger partial charge in [0.25, 0.3) is 0 Å². The summed E-state index contributed by atoms with van der Waals surface area (Å²) in [6, 6.07) is 0. The summed E-state index contributed by atoms with van der Waals surface area (Å²) < 4.78 is 5.38. The average molecular weight is 198 g/mol. The Morgan fingerprint density at radius 1 is 1.29 bits per heavy atom. The lowest BCUT2D eigenvalue weighted by atomic mass is 9.90. The van der Waals surface area contributed by atoms with E-state index in [0.29, 0.717) is 0 Å². The van der Waals surface area contributed by atoms with Gasteiger partial charge >= 0.3 is 0 Å². The summed E-state index contributed by atoms with van der Waals surface area (Å²) in [5.41, 5.74) is 0.274. The van der Waals surface area contributed by atoms with Gasteiger partial charge in [-0.15, -0.1) is 0 Å². The van der Waals surface area contributed by atoms with Crippen molar-refractivity contribution < 1.29 is 4.74 Å². The third kappa shape index (κ3) is 4.45. The first kappa shape index (κ1) is 12.0. The molecule has 0 radical (unpaired) electrons. The Balaban J connectivity index is 2.00. The van der Waals surface area contributed by atoms with E-state index in [-0.39, 0.29) is 5.60 Å². The van der Waals surface area contributed by atoms with Crippen molar-refractivity contribution in [1.29, 1.82) is 0 Å². The second-order valence-electron chi connectivity index (χ2n) is 5.49. The van der Waals surface area contributed by atoms with Crippen molar-refractivity contribution in [2.75, 3.05) is 6.61 Å². The predicted octanol–water partition coefficient (Wildman–Crippen LogP) is 4.02. The van der Waals surface area contributed by atoms with Crippen LogP contribution in [0.5, 0.6) is 0 Å². The highest BCUT2D eigenvalue weighted by molar-refractivity contribution is 4.86. The minimum atomic E-state index is 0.274. The van der Waals surface area contributed by atoms with Crippen LogP contribution >= 0.6 is 0 Å². The van der Waals surface area contributed by atoms with Crippen LogP contribution in [0.25, 0.3) is 0 Å². The van der Waals surface area contributed by atoms with E-state index in [1.807, 2.05) is 0 Å². The lowest BCUT2D eigenvalue weighted by Crippen LogP contribution is -2.07. The summed E-state index contributed by atoms with van der Waals surface area (Å²) in [7, 11) is 0. The molecule has 14 heavy (non-hydrogen) atoms. The highest BCUT2D eigenvalue weighted by atomic mass is 16.6. The first-order valence-electron chi connectivity index (χ1n) is 6.19. The molecule has 1 heterocycles. The van der Waals surface area contributed by atoms with E-state index in [2.05, 4.69) is 27.7 Å². The highest BCUT2D eigenvalue weighted by Gasteiger charge is 2.38. The van der Waals surface area contributed by atoms with Crippen molar-refractivity contribution >= 4 is 0 Å². The van der Waals surface area contributed by atoms with Gasteiger partial charge in [0.05, 0.1) is 12.2 Å². The molecule has 0 aromatic rings. The molecule has 1 fully saturated rings. The summed E-state index contributed by atoms with van der Waals surface area (Å²) in [6.45, 7) is 10.3. The molecule has 3 unspecified atom stereocenters. The molecule has 84 valence electrons. The van der Waals surface area contributed by atoms with Gasteiger partial charge in [0.15, 0.2) is 0 Å². The Labute approximate surface area is 89.2 Å². The minimum absolute atomic E-state index is 0.274. The molecule has 3 atom stereocenters. The van der Waals surface area contributed by atoms with Gasteiger partial charge in [-0.25, -0.2) is 0 Å². The van der Waals surface area contributed by atoms with Crippen molar-refractivity contribution in [2.24, 2.45) is 11.8 Å². The van der Waals surface area contributed by atoms with Crippen LogP contribution in [0.3, 0.4) is 0 Å². The molecule has 1 nitrogen and oxygen atoms in total. The van der Waals surface area contributed by atoms with Gasteiger partial charge in [0.1, 0.15) is 0 Å². The third-order valence-corrected chi connectivity index (χ3v) is 3.54. The summed E-state index contributed by atoms with van der Waals surface area (Å²) in [6.07, 6.45) is 6.70. The summed E-state index contributed by atoms with van der Waals surface area (Å²) in [4.78, 5) is 0. The lowest BCUT2D eigenvalue weighted by Gasteiger charge is -2.16. The summed E-state index contributed by atoms with van der Waals surface area (Å²) >= 11 is 0. The van der Waals surface area contributed by atoms with Gasteiger partial charge in [-0.1, -0.05) is 40.0 Å². The molecule has 0 saturated carbocycles. The molecule has 0 bridgehead atoms. The standard InChI is InChI=1S/C13H26O/c1-5-11(2)9-12(3)7-6-8-13(4)10-14-13/h11-12H,5-10H2,1-4H3. The van der Waals surface area contributed by atoms with Crippen molar-refractivity contribution in [3.63, 3.8) is 0 Å². The van der Waals surface area contributed by atoms with Gasteiger partial charge in [-0.3, -0.25) is 0 Å². The number of epoxide rings is 1. The Bertz CT molecular complexity index is 161. The molecule has 0 aromatic carbocycles. The van der Waals surface area contributed by atoms with Crippen molar-refractivity contribution in [3.05, 3.63) is 0 Å². The second kappa shape index (κ2) is 5.16. The molecule has 1 aliphatic rings. The van der Waals surface area contributed by atoms with Gasteiger partial charge in [0, 0.05) is 0 Å². The monoisotopic (exact) mass is 198 g/mol. The SMILES string of the molecule is CCC(C)CC(C)CCCC1(C)CO1. The smallest absolute Gasteiger partial charge is 0.0888 e. The van der Waals surface area contributed by atoms with E-state index in [0.717, 1.165) is 18.4 Å². The van der Waals surface area contributed by atoms with Crippen LogP contribution in [-0.2, 0) is 4.74 Å². The zero-order valence-electron chi connectivity index (χ0n) is 10.3. The molecule has 1 rings (SSSR count). The van der Waals surface area contributed by atoms with E-state index < -0.39 is 0 Å². The first-order chi connectivity index (χ1) is 6.56. The van der Waals surface area contributed by atoms with Crippen LogP contribution in [0.15, 0.2) is 0 Å². The molecule has 0 spiro atoms. The van der Waals surface area contributed by atoms with E-state index in [1.165, 1.54) is 32.1 Å². The maximum absolute atomic E-state index is 5.38. The van der Waals surface area contributed by atoms with E-state index >= 15 is 0 Å². The number of ether oxygens (including phenoxy) is 1. The average Bonchev–Trinajstić information content (AvgIpc) is 2.83. The van der Waals surface area contributed by atoms with Gasteiger partial charge in [-0.2, -0.15) is 0 Å². The Morgan fingerprint density at radius 2 is 1.93 bits per heavy atom. The first-order valence-corrected chi connectivity index (χ1v) is 6.19. The fourth-order valence-corrected chi connectivity index (χ4v) is 2.06. The molecular weight excluding hydrogens is 172 g/mol. The van der Waals surface area contributed by atoms with Crippen LogP contribution < -0.4 is 0 Å². The van der Waals surface area contributed by atoms with Crippen LogP contribution in [0.2, 0.25) is 0 Å². The molecule has 0 aliphatic carbocycles. The number of hydrogen-bond donors (Lipinski definition) is 0. The molecular formula is C13H26O. The van der Waals surface area contributed by atoms with Crippen LogP contribution in [-0.4, -0.2) is 12.2 Å². The molecule has 0 amide bonds. The van der Waals surface area contributed by atoms with Gasteiger partial charge in [0.2, 0.25) is 0 Å². The molecule has 0 aromatic heterocycles. The summed E-state index contributed by atoms with van der Waals surface area (Å²) in [5, 5.41) is 0. The Morgan fingerprint density at radius 3 is 2.43 bits per heavy atom. The third-order valence-electron chi connectivity index (χ3n) is 3.54. The van der Waals surface area contributed by atoms with Crippen LogP contribution in [0, 0.1) is 11.8 Å². The zero-order valence-corrected chi connectivity index (χ0v) is 10.3. The Kier molecular flexibility index (Phi) is 4.43. The van der Waals surface area contributed by atoms with E-state index in [4.69, 9.17) is 4.74 Å².